The van der Waals surface area contributed by atoms with Crippen molar-refractivity contribution in [2.45, 2.75) is 20.8 Å². The predicted octanol–water partition coefficient (Wildman–Crippen LogP) is 3.79. The van der Waals surface area contributed by atoms with Crippen LogP contribution in [-0.2, 0) is 9.59 Å². The third kappa shape index (κ3) is 3.07. The third-order valence-corrected chi connectivity index (χ3v) is 4.51. The van der Waals surface area contributed by atoms with Gasteiger partial charge in [-0.25, -0.2) is 4.90 Å². The molecule has 106 valence electrons. The van der Waals surface area contributed by atoms with Crippen LogP contribution in [0.15, 0.2) is 33.2 Å². The number of anilines is 1. The second-order valence-electron chi connectivity index (χ2n) is 3.68. The van der Waals surface area contributed by atoms with Crippen LogP contribution in [0.2, 0.25) is 0 Å². The number of Topliss-reactive ketones (excluding diaryl/α,β-unsaturated/α-hetero) is 1. The van der Waals surface area contributed by atoms with Gasteiger partial charge in [-0.1, -0.05) is 13.8 Å². The third-order valence-electron chi connectivity index (χ3n) is 2.51. The molecule has 0 saturated carbocycles. The lowest BCUT2D eigenvalue weighted by Gasteiger charge is -2.14. The number of hydrogen-bond acceptors (Lipinski definition) is 3. The van der Waals surface area contributed by atoms with Crippen molar-refractivity contribution in [2.75, 3.05) is 4.90 Å². The molecule has 20 heavy (non-hydrogen) atoms. The molecule has 0 bridgehead atoms. The van der Waals surface area contributed by atoms with Crippen LogP contribution in [-0.4, -0.2) is 17.6 Å². The molecule has 1 aromatic rings. The van der Waals surface area contributed by atoms with Gasteiger partial charge in [0.1, 0.15) is 8.96 Å². The van der Waals surface area contributed by atoms with Crippen molar-refractivity contribution in [3.05, 3.63) is 38.8 Å². The van der Waals surface area contributed by atoms with Gasteiger partial charge in [0.25, 0.3) is 11.8 Å². The summed E-state index contributed by atoms with van der Waals surface area (Å²) in [7, 11) is 0. The second-order valence-corrected chi connectivity index (χ2v) is 5.26. The minimum Gasteiger partial charge on any atom is -0.295 e. The Morgan fingerprint density at radius 1 is 0.950 bits per heavy atom. The summed E-state index contributed by atoms with van der Waals surface area (Å²) >= 11 is 6.10. The maximum absolute atomic E-state index is 11.8. The highest BCUT2D eigenvalue weighted by Crippen LogP contribution is 2.33. The van der Waals surface area contributed by atoms with Crippen LogP contribution in [0.5, 0.6) is 0 Å². The average Bonchev–Trinajstić information content (AvgIpc) is 2.65. The van der Waals surface area contributed by atoms with Crippen LogP contribution in [0.4, 0.5) is 5.69 Å². The van der Waals surface area contributed by atoms with E-state index in [1.165, 1.54) is 6.92 Å². The first-order valence-electron chi connectivity index (χ1n) is 5.98. The molecule has 0 aromatic heterocycles. The van der Waals surface area contributed by atoms with E-state index in [1.54, 1.807) is 24.3 Å². The standard InChI is InChI=1S/C12H7Br2NO3.C2H6/c1-6(16)7-2-4-8(5-3-7)15-11(17)9(13)10(14)12(15)18;1-2/h2-5H,1H3;1-2H3. The molecule has 2 amide bonds. The Labute approximate surface area is 134 Å². The minimum atomic E-state index is -0.428. The Hall–Kier alpha value is -1.27. The predicted molar refractivity (Wildman–Crippen MR) is 85.2 cm³/mol. The lowest BCUT2D eigenvalue weighted by atomic mass is 10.1. The molecule has 0 spiro atoms. The molecule has 4 nitrogen and oxygen atoms in total. The van der Waals surface area contributed by atoms with Crippen LogP contribution in [0.25, 0.3) is 0 Å². The normalized spacial score (nSPS) is 14.3. The van der Waals surface area contributed by atoms with Gasteiger partial charge >= 0.3 is 0 Å². The number of amides is 2. The van der Waals surface area contributed by atoms with E-state index in [0.717, 1.165) is 4.90 Å². The van der Waals surface area contributed by atoms with Gasteiger partial charge in [-0.05, 0) is 63.0 Å². The molecule has 0 N–H and O–H groups in total. The van der Waals surface area contributed by atoms with E-state index < -0.39 is 11.8 Å². The van der Waals surface area contributed by atoms with Crippen molar-refractivity contribution < 1.29 is 14.4 Å². The van der Waals surface area contributed by atoms with Crippen molar-refractivity contribution in [2.24, 2.45) is 0 Å². The lowest BCUT2D eigenvalue weighted by molar-refractivity contribution is -0.120. The van der Waals surface area contributed by atoms with Crippen LogP contribution in [0, 0.1) is 0 Å². The molecule has 0 radical (unpaired) electrons. The molecular weight excluding hydrogens is 390 g/mol. The molecule has 1 aromatic carbocycles. The monoisotopic (exact) mass is 401 g/mol. The highest BCUT2D eigenvalue weighted by Gasteiger charge is 2.36. The summed E-state index contributed by atoms with van der Waals surface area (Å²) in [5.74, 6) is -0.925. The van der Waals surface area contributed by atoms with E-state index in [0.29, 0.717) is 11.3 Å². The zero-order valence-electron chi connectivity index (χ0n) is 11.2. The molecule has 0 unspecified atom stereocenters. The van der Waals surface area contributed by atoms with E-state index in [2.05, 4.69) is 31.9 Å². The largest absolute Gasteiger partial charge is 0.295 e. The molecule has 0 fully saturated rings. The highest BCUT2D eigenvalue weighted by molar-refractivity contribution is 9.14. The number of benzene rings is 1. The van der Waals surface area contributed by atoms with Gasteiger partial charge in [-0.2, -0.15) is 0 Å². The van der Waals surface area contributed by atoms with Crippen LogP contribution < -0.4 is 4.90 Å². The molecule has 2 rings (SSSR count). The van der Waals surface area contributed by atoms with Crippen molar-refractivity contribution >= 4 is 55.1 Å². The number of carbonyl (C=O) groups excluding carboxylic acids is 3. The number of nitrogens with zero attached hydrogens (tertiary/aromatic N) is 1. The molecular formula is C14H13Br2NO3. The Balaban J connectivity index is 0.000000956. The number of rotatable bonds is 2. The topological polar surface area (TPSA) is 54.5 Å². The fourth-order valence-electron chi connectivity index (χ4n) is 1.56. The molecule has 0 saturated heterocycles. The summed E-state index contributed by atoms with van der Waals surface area (Å²) < 4.78 is 0.395. The highest BCUT2D eigenvalue weighted by atomic mass is 79.9. The fourth-order valence-corrected chi connectivity index (χ4v) is 2.25. The summed E-state index contributed by atoms with van der Waals surface area (Å²) in [5, 5.41) is 0. The van der Waals surface area contributed by atoms with E-state index in [-0.39, 0.29) is 14.7 Å². The maximum Gasteiger partial charge on any atom is 0.273 e. The summed E-state index contributed by atoms with van der Waals surface area (Å²) in [6.45, 7) is 5.45. The summed E-state index contributed by atoms with van der Waals surface area (Å²) in [6.07, 6.45) is 0. The van der Waals surface area contributed by atoms with Gasteiger partial charge in [-0.3, -0.25) is 14.4 Å². The zero-order chi connectivity index (χ0) is 15.4. The number of halogens is 2. The molecule has 1 heterocycles. The molecule has 0 aliphatic carbocycles. The number of imide groups is 1. The van der Waals surface area contributed by atoms with Crippen LogP contribution in [0.1, 0.15) is 31.1 Å². The first-order chi connectivity index (χ1) is 9.43. The lowest BCUT2D eigenvalue weighted by Crippen LogP contribution is -2.30. The van der Waals surface area contributed by atoms with E-state index in [4.69, 9.17) is 0 Å². The van der Waals surface area contributed by atoms with Crippen molar-refractivity contribution in [1.82, 2.24) is 0 Å². The maximum atomic E-state index is 11.8. The van der Waals surface area contributed by atoms with Gasteiger partial charge in [0.05, 0.1) is 5.69 Å². The molecule has 1 aliphatic rings. The van der Waals surface area contributed by atoms with E-state index >= 15 is 0 Å². The number of hydrogen-bond donors (Lipinski definition) is 0. The van der Waals surface area contributed by atoms with Crippen LogP contribution >= 0.6 is 31.9 Å². The summed E-state index contributed by atoms with van der Waals surface area (Å²) in [6, 6.07) is 6.30. The fraction of sp³-hybridized carbons (Fsp3) is 0.214. The average molecular weight is 403 g/mol. The smallest absolute Gasteiger partial charge is 0.273 e. The first kappa shape index (κ1) is 16.8. The van der Waals surface area contributed by atoms with Gasteiger partial charge in [0.2, 0.25) is 0 Å². The van der Waals surface area contributed by atoms with Crippen molar-refractivity contribution in [1.29, 1.82) is 0 Å². The zero-order valence-corrected chi connectivity index (χ0v) is 14.4. The summed E-state index contributed by atoms with van der Waals surface area (Å²) in [4.78, 5) is 35.9. The van der Waals surface area contributed by atoms with E-state index in [9.17, 15) is 14.4 Å². The van der Waals surface area contributed by atoms with Gasteiger partial charge in [0, 0.05) is 5.56 Å². The van der Waals surface area contributed by atoms with Gasteiger partial charge < -0.3 is 0 Å². The van der Waals surface area contributed by atoms with Crippen LogP contribution in [0.3, 0.4) is 0 Å². The van der Waals surface area contributed by atoms with E-state index in [1.807, 2.05) is 13.8 Å². The SMILES string of the molecule is CC.CC(=O)c1ccc(N2C(=O)C(Br)=C(Br)C2=O)cc1. The van der Waals surface area contributed by atoms with Gasteiger partial charge in [-0.15, -0.1) is 0 Å². The second kappa shape index (κ2) is 6.95. The Kier molecular flexibility index (Phi) is 5.83. The van der Waals surface area contributed by atoms with Gasteiger partial charge in [0.15, 0.2) is 5.78 Å². The molecule has 1 aliphatic heterocycles. The Bertz CT molecular complexity index is 567. The minimum absolute atomic E-state index is 0.0684. The quantitative estimate of drug-likeness (QED) is 0.558. The Morgan fingerprint density at radius 3 is 1.70 bits per heavy atom. The van der Waals surface area contributed by atoms with Crippen molar-refractivity contribution in [3.8, 4) is 0 Å². The number of carbonyl (C=O) groups is 3. The first-order valence-corrected chi connectivity index (χ1v) is 7.57. The molecule has 6 heteroatoms. The van der Waals surface area contributed by atoms with Crippen molar-refractivity contribution in [3.63, 3.8) is 0 Å². The Morgan fingerprint density at radius 2 is 1.35 bits per heavy atom. The number of ketones is 1. The molecule has 0 atom stereocenters. The summed E-state index contributed by atoms with van der Waals surface area (Å²) in [5.41, 5.74) is 0.963.